The van der Waals surface area contributed by atoms with E-state index < -0.39 is 5.60 Å². The first-order valence-corrected chi connectivity index (χ1v) is 8.99. The fourth-order valence-electron chi connectivity index (χ4n) is 3.79. The molecule has 0 aromatic heterocycles. The molecule has 1 aliphatic rings. The highest BCUT2D eigenvalue weighted by atomic mass is 16.5. The fraction of sp³-hybridized carbons (Fsp3) is 0.250. The Labute approximate surface area is 155 Å². The van der Waals surface area contributed by atoms with Crippen LogP contribution >= 0.6 is 0 Å². The molecular weight excluding hydrogens is 320 g/mol. The molecule has 0 N–H and O–H groups in total. The molecular formula is C24H24O2. The highest BCUT2D eigenvalue weighted by Crippen LogP contribution is 2.49. The average molecular weight is 344 g/mol. The summed E-state index contributed by atoms with van der Waals surface area (Å²) in [4.78, 5) is 0. The monoisotopic (exact) mass is 344 g/mol. The van der Waals surface area contributed by atoms with Crippen molar-refractivity contribution < 1.29 is 9.47 Å². The summed E-state index contributed by atoms with van der Waals surface area (Å²) in [6, 6.07) is 20.8. The zero-order valence-corrected chi connectivity index (χ0v) is 15.7. The lowest BCUT2D eigenvalue weighted by Gasteiger charge is -2.45. The summed E-state index contributed by atoms with van der Waals surface area (Å²) in [5.41, 5.74) is 1.70. The topological polar surface area (TPSA) is 18.5 Å². The Morgan fingerprint density at radius 3 is 2.38 bits per heavy atom. The Bertz CT molecular complexity index is 980. The number of benzene rings is 3. The van der Waals surface area contributed by atoms with E-state index in [-0.39, 0.29) is 5.41 Å². The number of hydrogen-bond acceptors (Lipinski definition) is 2. The quantitative estimate of drug-likeness (QED) is 0.551. The SMILES string of the molecule is COc1ccc2c3c(ccc2c1)OC(c1ccccc1)(C(C)(C)C)C=C3. The lowest BCUT2D eigenvalue weighted by atomic mass is 9.70. The molecule has 26 heavy (non-hydrogen) atoms. The minimum atomic E-state index is -0.499. The molecule has 0 saturated carbocycles. The van der Waals surface area contributed by atoms with Gasteiger partial charge >= 0.3 is 0 Å². The van der Waals surface area contributed by atoms with Gasteiger partial charge in [0.2, 0.25) is 0 Å². The molecule has 132 valence electrons. The van der Waals surface area contributed by atoms with Crippen molar-refractivity contribution in [2.24, 2.45) is 5.41 Å². The minimum absolute atomic E-state index is 0.0998. The van der Waals surface area contributed by atoms with Gasteiger partial charge in [0.05, 0.1) is 7.11 Å². The number of rotatable bonds is 2. The van der Waals surface area contributed by atoms with Gasteiger partial charge in [-0.1, -0.05) is 63.2 Å². The summed E-state index contributed by atoms with van der Waals surface area (Å²) in [6.07, 6.45) is 4.43. The van der Waals surface area contributed by atoms with Gasteiger partial charge in [0.1, 0.15) is 11.5 Å². The molecule has 0 radical (unpaired) electrons. The predicted molar refractivity (Wildman–Crippen MR) is 108 cm³/mol. The van der Waals surface area contributed by atoms with Gasteiger partial charge in [-0.05, 0) is 46.7 Å². The summed E-state index contributed by atoms with van der Waals surface area (Å²) in [5.74, 6) is 1.79. The molecule has 4 rings (SSSR count). The van der Waals surface area contributed by atoms with Crippen molar-refractivity contribution in [1.29, 1.82) is 0 Å². The van der Waals surface area contributed by atoms with E-state index in [1.54, 1.807) is 7.11 Å². The molecule has 2 heteroatoms. The predicted octanol–water partition coefficient (Wildman–Crippen LogP) is 6.20. The number of ether oxygens (including phenoxy) is 2. The molecule has 1 heterocycles. The third kappa shape index (κ3) is 2.48. The second-order valence-electron chi connectivity index (χ2n) is 7.85. The Balaban J connectivity index is 1.89. The molecule has 1 aliphatic heterocycles. The number of methoxy groups -OCH3 is 1. The largest absolute Gasteiger partial charge is 0.497 e. The molecule has 0 bridgehead atoms. The van der Waals surface area contributed by atoms with Gasteiger partial charge in [-0.15, -0.1) is 0 Å². The molecule has 1 unspecified atom stereocenters. The summed E-state index contributed by atoms with van der Waals surface area (Å²) >= 11 is 0. The van der Waals surface area contributed by atoms with E-state index in [0.29, 0.717) is 0 Å². The molecule has 0 saturated heterocycles. The first-order valence-electron chi connectivity index (χ1n) is 8.99. The van der Waals surface area contributed by atoms with Crippen molar-refractivity contribution in [3.8, 4) is 11.5 Å². The first-order chi connectivity index (χ1) is 12.4. The molecule has 3 aromatic rings. The molecule has 3 aromatic carbocycles. The van der Waals surface area contributed by atoms with Gasteiger partial charge in [-0.3, -0.25) is 0 Å². The highest BCUT2D eigenvalue weighted by Gasteiger charge is 2.45. The van der Waals surface area contributed by atoms with Gasteiger partial charge < -0.3 is 9.47 Å². The van der Waals surface area contributed by atoms with E-state index in [0.717, 1.165) is 22.4 Å². The van der Waals surface area contributed by atoms with E-state index in [1.807, 2.05) is 12.1 Å². The molecule has 0 fully saturated rings. The molecule has 2 nitrogen and oxygen atoms in total. The maximum absolute atomic E-state index is 6.72. The van der Waals surface area contributed by atoms with Crippen LogP contribution in [0.1, 0.15) is 31.9 Å². The Morgan fingerprint density at radius 1 is 0.923 bits per heavy atom. The first kappa shape index (κ1) is 16.7. The van der Waals surface area contributed by atoms with Crippen molar-refractivity contribution in [1.82, 2.24) is 0 Å². The lowest BCUT2D eigenvalue weighted by Crippen LogP contribution is -2.44. The zero-order chi connectivity index (χ0) is 18.4. The number of hydrogen-bond donors (Lipinski definition) is 0. The van der Waals surface area contributed by atoms with E-state index in [9.17, 15) is 0 Å². The van der Waals surface area contributed by atoms with Gasteiger partial charge in [0, 0.05) is 11.0 Å². The standard InChI is InChI=1S/C24H24O2/c1-23(2,3)24(18-8-6-5-7-9-18)15-14-21-20-12-11-19(25-4)16-17(20)10-13-22(21)26-24/h5-16H,1-4H3. The van der Waals surface area contributed by atoms with Crippen LogP contribution < -0.4 is 9.47 Å². The molecule has 1 atom stereocenters. The Kier molecular flexibility index (Phi) is 3.80. The van der Waals surface area contributed by atoms with Crippen LogP contribution in [0.5, 0.6) is 11.5 Å². The molecule has 0 aliphatic carbocycles. The van der Waals surface area contributed by atoms with Crippen molar-refractivity contribution >= 4 is 16.8 Å². The van der Waals surface area contributed by atoms with Crippen LogP contribution in [-0.4, -0.2) is 7.11 Å². The second-order valence-corrected chi connectivity index (χ2v) is 7.85. The maximum atomic E-state index is 6.72. The van der Waals surface area contributed by atoms with Crippen LogP contribution in [0.3, 0.4) is 0 Å². The van der Waals surface area contributed by atoms with Crippen molar-refractivity contribution in [3.63, 3.8) is 0 Å². The van der Waals surface area contributed by atoms with Crippen LogP contribution in [0.4, 0.5) is 0 Å². The van der Waals surface area contributed by atoms with Gasteiger partial charge in [0.15, 0.2) is 5.60 Å². The zero-order valence-electron chi connectivity index (χ0n) is 15.7. The lowest BCUT2D eigenvalue weighted by molar-refractivity contribution is 0.00514. The maximum Gasteiger partial charge on any atom is 0.157 e. The van der Waals surface area contributed by atoms with E-state index in [4.69, 9.17) is 9.47 Å². The highest BCUT2D eigenvalue weighted by molar-refractivity contribution is 5.94. The van der Waals surface area contributed by atoms with Crippen LogP contribution in [0.15, 0.2) is 66.7 Å². The van der Waals surface area contributed by atoms with Gasteiger partial charge in [-0.25, -0.2) is 0 Å². The van der Waals surface area contributed by atoms with Crippen LogP contribution in [0.2, 0.25) is 0 Å². The minimum Gasteiger partial charge on any atom is -0.497 e. The van der Waals surface area contributed by atoms with Crippen LogP contribution in [-0.2, 0) is 5.60 Å². The third-order valence-electron chi connectivity index (χ3n) is 5.30. The van der Waals surface area contributed by atoms with Gasteiger partial charge in [-0.2, -0.15) is 0 Å². The fourth-order valence-corrected chi connectivity index (χ4v) is 3.79. The summed E-state index contributed by atoms with van der Waals surface area (Å²) < 4.78 is 12.1. The van der Waals surface area contributed by atoms with Crippen LogP contribution in [0.25, 0.3) is 16.8 Å². The Hall–Kier alpha value is -2.74. The smallest absolute Gasteiger partial charge is 0.157 e. The molecule has 0 amide bonds. The van der Waals surface area contributed by atoms with Crippen molar-refractivity contribution in [2.45, 2.75) is 26.4 Å². The van der Waals surface area contributed by atoms with E-state index >= 15 is 0 Å². The van der Waals surface area contributed by atoms with Crippen molar-refractivity contribution in [2.75, 3.05) is 7.11 Å². The van der Waals surface area contributed by atoms with Crippen LogP contribution in [0, 0.1) is 5.41 Å². The molecule has 0 spiro atoms. The third-order valence-corrected chi connectivity index (χ3v) is 5.30. The number of fused-ring (bicyclic) bond motifs is 3. The van der Waals surface area contributed by atoms with E-state index in [2.05, 4.69) is 81.5 Å². The van der Waals surface area contributed by atoms with Crippen molar-refractivity contribution in [3.05, 3.63) is 77.9 Å². The summed E-state index contributed by atoms with van der Waals surface area (Å²) in [5, 5.41) is 2.33. The second kappa shape index (κ2) is 5.91. The normalized spacial score (nSPS) is 19.1. The summed E-state index contributed by atoms with van der Waals surface area (Å²) in [6.45, 7) is 6.67. The average Bonchev–Trinajstić information content (AvgIpc) is 2.66. The summed E-state index contributed by atoms with van der Waals surface area (Å²) in [7, 11) is 1.69. The Morgan fingerprint density at radius 2 is 1.69 bits per heavy atom. The van der Waals surface area contributed by atoms with Gasteiger partial charge in [0.25, 0.3) is 0 Å². The van der Waals surface area contributed by atoms with E-state index in [1.165, 1.54) is 10.9 Å².